The topological polar surface area (TPSA) is 84.2 Å². The molecule has 3 aromatic heterocycles. The van der Waals surface area contributed by atoms with Crippen LogP contribution in [0.3, 0.4) is 0 Å². The summed E-state index contributed by atoms with van der Waals surface area (Å²) in [5.41, 5.74) is 2.31. The summed E-state index contributed by atoms with van der Waals surface area (Å²) in [7, 11) is 0. The van der Waals surface area contributed by atoms with Crippen LogP contribution in [-0.2, 0) is 0 Å². The number of rotatable bonds is 4. The van der Waals surface area contributed by atoms with Gasteiger partial charge in [0.25, 0.3) is 5.91 Å². The summed E-state index contributed by atoms with van der Waals surface area (Å²) >= 11 is 0. The SMILES string of the molecule is Cc1ccoc1C(=O)NC1(C2CCN(c3ccc4nccnc4n3)CC2)CC1. The molecule has 144 valence electrons. The zero-order valence-electron chi connectivity index (χ0n) is 15.9. The molecule has 28 heavy (non-hydrogen) atoms. The highest BCUT2D eigenvalue weighted by molar-refractivity contribution is 5.93. The molecule has 2 aliphatic rings. The molecule has 3 aromatic rings. The zero-order chi connectivity index (χ0) is 19.1. The van der Waals surface area contributed by atoms with Gasteiger partial charge in [0.15, 0.2) is 11.4 Å². The molecule has 0 aromatic carbocycles. The smallest absolute Gasteiger partial charge is 0.287 e. The predicted octanol–water partition coefficient (Wildman–Crippen LogP) is 3.11. The Kier molecular flexibility index (Phi) is 4.03. The maximum atomic E-state index is 12.6. The molecule has 5 rings (SSSR count). The van der Waals surface area contributed by atoms with Gasteiger partial charge in [0.05, 0.1) is 6.26 Å². The van der Waals surface area contributed by atoms with Gasteiger partial charge in [0.1, 0.15) is 11.3 Å². The molecular weight excluding hydrogens is 354 g/mol. The molecule has 7 nitrogen and oxygen atoms in total. The van der Waals surface area contributed by atoms with Gasteiger partial charge < -0.3 is 14.6 Å². The van der Waals surface area contributed by atoms with Crippen molar-refractivity contribution >= 4 is 22.9 Å². The Hall–Kier alpha value is -2.96. The van der Waals surface area contributed by atoms with Crippen molar-refractivity contribution < 1.29 is 9.21 Å². The van der Waals surface area contributed by atoms with E-state index < -0.39 is 0 Å². The fourth-order valence-corrected chi connectivity index (χ4v) is 4.34. The maximum absolute atomic E-state index is 12.6. The summed E-state index contributed by atoms with van der Waals surface area (Å²) in [6.45, 7) is 3.76. The maximum Gasteiger partial charge on any atom is 0.287 e. The number of furan rings is 1. The number of hydrogen-bond acceptors (Lipinski definition) is 6. The molecule has 1 saturated carbocycles. The van der Waals surface area contributed by atoms with Crippen molar-refractivity contribution in [2.75, 3.05) is 18.0 Å². The second kappa shape index (κ2) is 6.58. The minimum Gasteiger partial charge on any atom is -0.459 e. The van der Waals surface area contributed by atoms with Gasteiger partial charge in [-0.25, -0.2) is 9.97 Å². The Morgan fingerprint density at radius 3 is 2.68 bits per heavy atom. The van der Waals surface area contributed by atoms with Gasteiger partial charge in [-0.3, -0.25) is 9.78 Å². The number of hydrogen-bond donors (Lipinski definition) is 1. The van der Waals surface area contributed by atoms with Gasteiger partial charge in [-0.2, -0.15) is 0 Å². The van der Waals surface area contributed by atoms with E-state index in [1.165, 1.54) is 0 Å². The minimum atomic E-state index is -0.0859. The lowest BCUT2D eigenvalue weighted by Crippen LogP contribution is -2.47. The van der Waals surface area contributed by atoms with Gasteiger partial charge in [-0.15, -0.1) is 0 Å². The number of nitrogens with one attached hydrogen (secondary N) is 1. The van der Waals surface area contributed by atoms with Crippen molar-refractivity contribution in [3.63, 3.8) is 0 Å². The summed E-state index contributed by atoms with van der Waals surface area (Å²) in [6, 6.07) is 5.82. The fourth-order valence-electron chi connectivity index (χ4n) is 4.34. The van der Waals surface area contributed by atoms with Crippen LogP contribution in [0.5, 0.6) is 0 Å². The van der Waals surface area contributed by atoms with E-state index in [0.29, 0.717) is 17.3 Å². The summed E-state index contributed by atoms with van der Waals surface area (Å²) in [5.74, 6) is 1.79. The number of aromatic nitrogens is 3. The number of amides is 1. The highest BCUT2D eigenvalue weighted by atomic mass is 16.3. The molecule has 0 bridgehead atoms. The van der Waals surface area contributed by atoms with E-state index in [1.807, 2.05) is 25.1 Å². The van der Waals surface area contributed by atoms with Crippen LogP contribution in [0.1, 0.15) is 41.8 Å². The first-order valence-corrected chi connectivity index (χ1v) is 9.84. The minimum absolute atomic E-state index is 0.0648. The van der Waals surface area contributed by atoms with E-state index in [-0.39, 0.29) is 11.4 Å². The molecule has 1 amide bonds. The first-order valence-electron chi connectivity index (χ1n) is 9.84. The van der Waals surface area contributed by atoms with Crippen molar-refractivity contribution in [3.8, 4) is 0 Å². The second-order valence-corrected chi connectivity index (χ2v) is 7.87. The highest BCUT2D eigenvalue weighted by Crippen LogP contribution is 2.47. The van der Waals surface area contributed by atoms with E-state index in [2.05, 4.69) is 25.2 Å². The summed E-state index contributed by atoms with van der Waals surface area (Å²) in [6.07, 6.45) is 9.10. The normalized spacial score (nSPS) is 19.0. The van der Waals surface area contributed by atoms with E-state index in [4.69, 9.17) is 4.42 Å². The number of anilines is 1. The van der Waals surface area contributed by atoms with Crippen LogP contribution in [0.4, 0.5) is 5.82 Å². The van der Waals surface area contributed by atoms with Crippen LogP contribution in [-0.4, -0.2) is 39.5 Å². The molecule has 0 spiro atoms. The number of carbonyl (C=O) groups is 1. The van der Waals surface area contributed by atoms with Crippen molar-refractivity contribution in [3.05, 3.63) is 48.2 Å². The monoisotopic (exact) mass is 377 g/mol. The first kappa shape index (κ1) is 17.2. The molecule has 1 aliphatic carbocycles. The van der Waals surface area contributed by atoms with Crippen molar-refractivity contribution in [1.29, 1.82) is 0 Å². The lowest BCUT2D eigenvalue weighted by Gasteiger charge is -2.37. The number of aryl methyl sites for hydroxylation is 1. The van der Waals surface area contributed by atoms with E-state index in [9.17, 15) is 4.79 Å². The molecule has 0 atom stereocenters. The number of nitrogens with zero attached hydrogens (tertiary/aromatic N) is 4. The van der Waals surface area contributed by atoms with Crippen LogP contribution >= 0.6 is 0 Å². The molecule has 1 N–H and O–H groups in total. The van der Waals surface area contributed by atoms with Crippen LogP contribution in [0, 0.1) is 12.8 Å². The Labute approximate surface area is 163 Å². The third kappa shape index (κ3) is 3.00. The third-order valence-electron chi connectivity index (χ3n) is 6.14. The van der Waals surface area contributed by atoms with Gasteiger partial charge in [0.2, 0.25) is 0 Å². The number of fused-ring (bicyclic) bond motifs is 1. The molecule has 7 heteroatoms. The average Bonchev–Trinajstić information content (AvgIpc) is 3.38. The Bertz CT molecular complexity index is 1020. The van der Waals surface area contributed by atoms with Crippen LogP contribution < -0.4 is 10.2 Å². The fraction of sp³-hybridized carbons (Fsp3) is 0.429. The first-order chi connectivity index (χ1) is 13.6. The van der Waals surface area contributed by atoms with Crippen molar-refractivity contribution in [1.82, 2.24) is 20.3 Å². The average molecular weight is 377 g/mol. The van der Waals surface area contributed by atoms with Crippen LogP contribution in [0.25, 0.3) is 11.2 Å². The zero-order valence-corrected chi connectivity index (χ0v) is 15.9. The second-order valence-electron chi connectivity index (χ2n) is 7.87. The van der Waals surface area contributed by atoms with Crippen molar-refractivity contribution in [2.45, 2.75) is 38.1 Å². The predicted molar refractivity (Wildman–Crippen MR) is 105 cm³/mol. The number of pyridine rings is 1. The van der Waals surface area contributed by atoms with E-state index in [1.54, 1.807) is 18.7 Å². The van der Waals surface area contributed by atoms with Gasteiger partial charge in [-0.1, -0.05) is 0 Å². The van der Waals surface area contributed by atoms with Crippen LogP contribution in [0.15, 0.2) is 41.3 Å². The Morgan fingerprint density at radius 1 is 1.18 bits per heavy atom. The standard InChI is InChI=1S/C21H23N5O2/c1-14-6-13-28-18(14)20(27)25-21(7-8-21)15-4-11-26(12-5-15)17-3-2-16-19(24-17)23-10-9-22-16/h2-3,6,9-10,13,15H,4-5,7-8,11-12H2,1H3,(H,25,27). The Balaban J connectivity index is 1.25. The molecule has 2 fully saturated rings. The van der Waals surface area contributed by atoms with Gasteiger partial charge in [-0.05, 0) is 56.7 Å². The summed E-state index contributed by atoms with van der Waals surface area (Å²) in [5, 5.41) is 3.27. The quantitative estimate of drug-likeness (QED) is 0.752. The lowest BCUT2D eigenvalue weighted by molar-refractivity contribution is 0.0877. The summed E-state index contributed by atoms with van der Waals surface area (Å²) < 4.78 is 5.36. The lowest BCUT2D eigenvalue weighted by atomic mass is 9.87. The molecule has 1 aliphatic heterocycles. The molecular formula is C21H23N5O2. The van der Waals surface area contributed by atoms with Gasteiger partial charge in [0, 0.05) is 36.6 Å². The molecule has 4 heterocycles. The van der Waals surface area contributed by atoms with Gasteiger partial charge >= 0.3 is 0 Å². The number of piperidine rings is 1. The third-order valence-corrected chi connectivity index (χ3v) is 6.14. The molecule has 0 radical (unpaired) electrons. The Morgan fingerprint density at radius 2 is 1.96 bits per heavy atom. The largest absolute Gasteiger partial charge is 0.459 e. The summed E-state index contributed by atoms with van der Waals surface area (Å²) in [4.78, 5) is 28.2. The highest BCUT2D eigenvalue weighted by Gasteiger charge is 2.51. The van der Waals surface area contributed by atoms with Crippen molar-refractivity contribution in [2.24, 2.45) is 5.92 Å². The van der Waals surface area contributed by atoms with E-state index >= 15 is 0 Å². The molecule has 1 saturated heterocycles. The number of carbonyl (C=O) groups excluding carboxylic acids is 1. The van der Waals surface area contributed by atoms with Crippen LogP contribution in [0.2, 0.25) is 0 Å². The van der Waals surface area contributed by atoms with E-state index in [0.717, 1.165) is 55.7 Å². The molecule has 0 unspecified atom stereocenters.